The summed E-state index contributed by atoms with van der Waals surface area (Å²) in [6.45, 7) is 4.75. The van der Waals surface area contributed by atoms with Gasteiger partial charge in [0.1, 0.15) is 0 Å². The molecule has 2 aromatic heterocycles. The van der Waals surface area contributed by atoms with E-state index >= 15 is 0 Å². The lowest BCUT2D eigenvalue weighted by molar-refractivity contribution is -0.121. The first-order chi connectivity index (χ1) is 14.1. The highest BCUT2D eigenvalue weighted by Gasteiger charge is 2.28. The number of aromatic nitrogens is 3. The molecule has 2 aliphatic rings. The van der Waals surface area contributed by atoms with Crippen LogP contribution in [0.15, 0.2) is 16.8 Å². The van der Waals surface area contributed by atoms with Gasteiger partial charge in [0.05, 0.1) is 17.0 Å². The van der Waals surface area contributed by atoms with Gasteiger partial charge >= 0.3 is 0 Å². The van der Waals surface area contributed by atoms with Crippen molar-refractivity contribution in [1.82, 2.24) is 20.4 Å². The Morgan fingerprint density at radius 1 is 1.21 bits per heavy atom. The predicted octanol–water partition coefficient (Wildman–Crippen LogP) is 4.20. The molecule has 2 saturated carbocycles. The minimum Gasteiger partial charge on any atom is -0.356 e. The summed E-state index contributed by atoms with van der Waals surface area (Å²) < 4.78 is 5.53. The number of carbonyl (C=O) groups excluding carboxylic acids is 1. The van der Waals surface area contributed by atoms with Gasteiger partial charge in [-0.3, -0.25) is 4.79 Å². The van der Waals surface area contributed by atoms with Crippen molar-refractivity contribution >= 4 is 11.9 Å². The molecule has 0 bridgehead atoms. The van der Waals surface area contributed by atoms with E-state index in [0.717, 1.165) is 67.3 Å². The molecular formula is C22H31N5O2. The van der Waals surface area contributed by atoms with Gasteiger partial charge in [-0.1, -0.05) is 12.1 Å². The molecule has 0 atom stereocenters. The number of nitrogens with one attached hydrogen (secondary N) is 2. The maximum atomic E-state index is 11.8. The smallest absolute Gasteiger partial charge is 0.223 e. The second-order valence-corrected chi connectivity index (χ2v) is 8.52. The topological polar surface area (TPSA) is 92.9 Å². The zero-order valence-electron chi connectivity index (χ0n) is 17.4. The molecule has 2 heterocycles. The van der Waals surface area contributed by atoms with Crippen molar-refractivity contribution in [2.75, 3.05) is 11.9 Å². The van der Waals surface area contributed by atoms with Gasteiger partial charge < -0.3 is 15.2 Å². The third kappa shape index (κ3) is 5.14. The number of hydrogen-bond donors (Lipinski definition) is 2. The molecule has 2 fully saturated rings. The molecule has 0 aliphatic heterocycles. The van der Waals surface area contributed by atoms with Crippen molar-refractivity contribution in [3.63, 3.8) is 0 Å². The van der Waals surface area contributed by atoms with Crippen molar-refractivity contribution in [2.24, 2.45) is 5.92 Å². The molecule has 1 amide bonds. The molecule has 2 N–H and O–H groups in total. The van der Waals surface area contributed by atoms with Crippen molar-refractivity contribution in [3.05, 3.63) is 23.7 Å². The van der Waals surface area contributed by atoms with Crippen molar-refractivity contribution in [1.29, 1.82) is 0 Å². The van der Waals surface area contributed by atoms with Gasteiger partial charge in [-0.25, -0.2) is 9.97 Å². The third-order valence-electron chi connectivity index (χ3n) is 5.92. The van der Waals surface area contributed by atoms with Crippen LogP contribution < -0.4 is 10.6 Å². The number of anilines is 1. The van der Waals surface area contributed by atoms with Crippen LogP contribution in [-0.2, 0) is 4.79 Å². The van der Waals surface area contributed by atoms with E-state index in [9.17, 15) is 4.79 Å². The normalized spacial score (nSPS) is 21.7. The van der Waals surface area contributed by atoms with Crippen LogP contribution in [0.3, 0.4) is 0 Å². The van der Waals surface area contributed by atoms with E-state index in [-0.39, 0.29) is 5.91 Å². The molecule has 0 unspecified atom stereocenters. The summed E-state index contributed by atoms with van der Waals surface area (Å²) in [5.41, 5.74) is 2.87. The molecule has 0 spiro atoms. The molecule has 0 aromatic carbocycles. The summed E-state index contributed by atoms with van der Waals surface area (Å²) in [5, 5.41) is 10.5. The molecule has 0 saturated heterocycles. The van der Waals surface area contributed by atoms with Crippen LogP contribution in [0.4, 0.5) is 5.95 Å². The monoisotopic (exact) mass is 397 g/mol. The highest BCUT2D eigenvalue weighted by atomic mass is 16.5. The van der Waals surface area contributed by atoms with E-state index in [1.807, 2.05) is 26.1 Å². The summed E-state index contributed by atoms with van der Waals surface area (Å²) in [7, 11) is 0. The van der Waals surface area contributed by atoms with E-state index in [4.69, 9.17) is 9.51 Å². The number of rotatable bonds is 8. The summed E-state index contributed by atoms with van der Waals surface area (Å²) in [6.07, 6.45) is 10.1. The molecule has 0 radical (unpaired) electrons. The number of amides is 1. The fourth-order valence-corrected chi connectivity index (χ4v) is 4.08. The minimum atomic E-state index is 0.171. The first kappa shape index (κ1) is 19.9. The predicted molar refractivity (Wildman–Crippen MR) is 112 cm³/mol. The largest absolute Gasteiger partial charge is 0.356 e. The van der Waals surface area contributed by atoms with Crippen LogP contribution in [-0.4, -0.2) is 33.6 Å². The summed E-state index contributed by atoms with van der Waals surface area (Å²) >= 11 is 0. The molecule has 156 valence electrons. The van der Waals surface area contributed by atoms with E-state index < -0.39 is 0 Å². The molecule has 7 heteroatoms. The Morgan fingerprint density at radius 2 is 2.00 bits per heavy atom. The molecule has 29 heavy (non-hydrogen) atoms. The Labute approximate surface area is 172 Å². The highest BCUT2D eigenvalue weighted by molar-refractivity contribution is 5.75. The Morgan fingerprint density at radius 3 is 2.66 bits per heavy atom. The van der Waals surface area contributed by atoms with Gasteiger partial charge in [-0.15, -0.1) is 0 Å². The minimum absolute atomic E-state index is 0.171. The lowest BCUT2D eigenvalue weighted by Crippen LogP contribution is -2.31. The first-order valence-corrected chi connectivity index (χ1v) is 11.0. The summed E-state index contributed by atoms with van der Waals surface area (Å²) in [6, 6.07) is 2.47. The Hall–Kier alpha value is -2.44. The van der Waals surface area contributed by atoms with Gasteiger partial charge in [0.15, 0.2) is 5.76 Å². The average molecular weight is 398 g/mol. The van der Waals surface area contributed by atoms with Crippen LogP contribution >= 0.6 is 0 Å². The molecule has 4 rings (SSSR count). The van der Waals surface area contributed by atoms with Gasteiger partial charge in [0.2, 0.25) is 11.9 Å². The second-order valence-electron chi connectivity index (χ2n) is 8.52. The Balaban J connectivity index is 1.45. The second kappa shape index (κ2) is 8.93. The van der Waals surface area contributed by atoms with Gasteiger partial charge in [0.25, 0.3) is 0 Å². The molecule has 7 nitrogen and oxygen atoms in total. The molecule has 2 aliphatic carbocycles. The lowest BCUT2D eigenvalue weighted by Gasteiger charge is -2.29. The van der Waals surface area contributed by atoms with E-state index in [1.165, 1.54) is 12.8 Å². The SMILES string of the molecule is CCCC(=O)NCC1CCC(c2nc(NC3CC3)ncc2-c2cc(C)no2)CC1. The lowest BCUT2D eigenvalue weighted by atomic mass is 9.79. The number of aryl methyl sites for hydroxylation is 1. The average Bonchev–Trinajstić information content (AvgIpc) is 3.44. The fraction of sp³-hybridized carbons (Fsp3) is 0.636. The maximum absolute atomic E-state index is 11.8. The maximum Gasteiger partial charge on any atom is 0.223 e. The van der Waals surface area contributed by atoms with E-state index in [2.05, 4.69) is 20.8 Å². The number of nitrogens with zero attached hydrogens (tertiary/aromatic N) is 3. The Kier molecular flexibility index (Phi) is 6.11. The first-order valence-electron chi connectivity index (χ1n) is 11.0. The van der Waals surface area contributed by atoms with E-state index in [0.29, 0.717) is 24.3 Å². The van der Waals surface area contributed by atoms with Crippen molar-refractivity contribution in [3.8, 4) is 11.3 Å². The van der Waals surface area contributed by atoms with E-state index in [1.54, 1.807) is 0 Å². The summed E-state index contributed by atoms with van der Waals surface area (Å²) in [4.78, 5) is 21.2. The fourth-order valence-electron chi connectivity index (χ4n) is 4.08. The van der Waals surface area contributed by atoms with Gasteiger partial charge in [-0.05, 0) is 57.8 Å². The van der Waals surface area contributed by atoms with Gasteiger partial charge in [0, 0.05) is 37.2 Å². The standard InChI is InChI=1S/C22H31N5O2/c1-3-4-20(28)23-12-15-5-7-16(8-6-15)21-18(19-11-14(2)27-29-19)13-24-22(26-21)25-17-9-10-17/h11,13,15-17H,3-10,12H2,1-2H3,(H,23,28)(H,24,25,26). The van der Waals surface area contributed by atoms with Crippen molar-refractivity contribution < 1.29 is 9.32 Å². The number of carbonyl (C=O) groups is 1. The quantitative estimate of drug-likeness (QED) is 0.693. The zero-order valence-corrected chi connectivity index (χ0v) is 17.4. The Bertz CT molecular complexity index is 837. The van der Waals surface area contributed by atoms with Crippen molar-refractivity contribution in [2.45, 2.75) is 77.2 Å². The van der Waals surface area contributed by atoms with Gasteiger partial charge in [-0.2, -0.15) is 0 Å². The van der Waals surface area contributed by atoms with Crippen LogP contribution in [0.5, 0.6) is 0 Å². The zero-order chi connectivity index (χ0) is 20.2. The highest BCUT2D eigenvalue weighted by Crippen LogP contribution is 2.39. The molecule has 2 aromatic rings. The van der Waals surface area contributed by atoms with Crippen LogP contribution in [0.25, 0.3) is 11.3 Å². The summed E-state index contributed by atoms with van der Waals surface area (Å²) in [5.74, 6) is 2.56. The van der Waals surface area contributed by atoms with Crippen LogP contribution in [0, 0.1) is 12.8 Å². The van der Waals surface area contributed by atoms with Crippen LogP contribution in [0.2, 0.25) is 0 Å². The number of hydrogen-bond acceptors (Lipinski definition) is 6. The van der Waals surface area contributed by atoms with Crippen LogP contribution in [0.1, 0.15) is 75.6 Å². The molecular weight excluding hydrogens is 366 g/mol. The third-order valence-corrected chi connectivity index (χ3v) is 5.92.